The van der Waals surface area contributed by atoms with Crippen molar-refractivity contribution in [1.29, 1.82) is 0 Å². The number of hydrogen-bond donors (Lipinski definition) is 0. The summed E-state index contributed by atoms with van der Waals surface area (Å²) in [7, 11) is 0. The molecule has 1 atom stereocenters. The summed E-state index contributed by atoms with van der Waals surface area (Å²) in [5, 5.41) is 4.12. The van der Waals surface area contributed by atoms with Crippen LogP contribution in [0.1, 0.15) is 31.9 Å². The highest BCUT2D eigenvalue weighted by Gasteiger charge is 2.48. The Hall–Kier alpha value is -1.61. The summed E-state index contributed by atoms with van der Waals surface area (Å²) < 4.78 is 0. The average Bonchev–Trinajstić information content (AvgIpc) is 2.62. The van der Waals surface area contributed by atoms with Crippen LogP contribution in [-0.2, 0) is 4.79 Å². The third-order valence-electron chi connectivity index (χ3n) is 4.08. The molecule has 0 N–H and O–H groups in total. The number of benzene rings is 1. The summed E-state index contributed by atoms with van der Waals surface area (Å²) in [4.78, 5) is 12.4. The van der Waals surface area contributed by atoms with Crippen LogP contribution >= 0.6 is 0 Å². The minimum Gasteiger partial charge on any atom is -0.273 e. The maximum Gasteiger partial charge on any atom is 0.244 e. The Morgan fingerprint density at radius 3 is 2.63 bits per heavy atom. The number of carbonyl (C=O) groups excluding carboxylic acids is 1. The van der Waals surface area contributed by atoms with Crippen LogP contribution in [0.4, 0.5) is 0 Å². The summed E-state index contributed by atoms with van der Waals surface area (Å²) in [5.74, 6) is 0.217. The number of amides is 1. The van der Waals surface area contributed by atoms with E-state index in [1.54, 1.807) is 0 Å². The van der Waals surface area contributed by atoms with Gasteiger partial charge < -0.3 is 0 Å². The van der Waals surface area contributed by atoms with Gasteiger partial charge in [-0.2, -0.15) is 0 Å². The molecule has 0 aliphatic carbocycles. The van der Waals surface area contributed by atoms with Gasteiger partial charge in [0.1, 0.15) is 0 Å². The van der Waals surface area contributed by atoms with E-state index in [4.69, 9.17) is 0 Å². The standard InChI is InChI=1S/C16H20N2O/c1-12-9-14(13-7-5-4-6-8-13)18-11-16(2,3)15(19)17(18)10-12/h4-8,14H,1,9-11H2,2-3H3. The lowest BCUT2D eigenvalue weighted by Gasteiger charge is -2.40. The topological polar surface area (TPSA) is 23.6 Å². The monoisotopic (exact) mass is 256 g/mol. The van der Waals surface area contributed by atoms with Gasteiger partial charge in [0, 0.05) is 6.54 Å². The lowest BCUT2D eigenvalue weighted by atomic mass is 9.93. The number of hydrogen-bond acceptors (Lipinski definition) is 2. The molecule has 2 aliphatic heterocycles. The number of carbonyl (C=O) groups is 1. The van der Waals surface area contributed by atoms with Crippen LogP contribution < -0.4 is 0 Å². The maximum absolute atomic E-state index is 12.4. The van der Waals surface area contributed by atoms with Crippen molar-refractivity contribution in [2.24, 2.45) is 5.41 Å². The van der Waals surface area contributed by atoms with Crippen LogP contribution in [0.25, 0.3) is 0 Å². The van der Waals surface area contributed by atoms with Crippen LogP contribution in [0.15, 0.2) is 42.5 Å². The molecular weight excluding hydrogens is 236 g/mol. The van der Waals surface area contributed by atoms with Gasteiger partial charge in [-0.1, -0.05) is 42.5 Å². The fraction of sp³-hybridized carbons (Fsp3) is 0.438. The van der Waals surface area contributed by atoms with E-state index in [2.05, 4.69) is 35.9 Å². The Labute approximate surface area is 114 Å². The molecule has 100 valence electrons. The minimum absolute atomic E-state index is 0.217. The van der Waals surface area contributed by atoms with E-state index < -0.39 is 0 Å². The van der Waals surface area contributed by atoms with Crippen molar-refractivity contribution in [2.75, 3.05) is 13.1 Å². The summed E-state index contributed by atoms with van der Waals surface area (Å²) >= 11 is 0. The summed E-state index contributed by atoms with van der Waals surface area (Å²) in [6, 6.07) is 10.7. The molecule has 2 saturated heterocycles. The Morgan fingerprint density at radius 1 is 1.26 bits per heavy atom. The maximum atomic E-state index is 12.4. The van der Waals surface area contributed by atoms with E-state index in [-0.39, 0.29) is 17.4 Å². The van der Waals surface area contributed by atoms with E-state index in [9.17, 15) is 4.79 Å². The normalized spacial score (nSPS) is 26.6. The first-order chi connectivity index (χ1) is 8.99. The molecule has 2 aliphatic rings. The smallest absolute Gasteiger partial charge is 0.244 e. The summed E-state index contributed by atoms with van der Waals surface area (Å²) in [5.41, 5.74) is 2.10. The third kappa shape index (κ3) is 1.98. The first kappa shape index (κ1) is 12.4. The molecule has 1 aromatic rings. The molecule has 3 nitrogen and oxygen atoms in total. The van der Waals surface area contributed by atoms with Crippen molar-refractivity contribution in [3.05, 3.63) is 48.0 Å². The zero-order valence-electron chi connectivity index (χ0n) is 11.6. The molecule has 1 amide bonds. The zero-order valence-corrected chi connectivity index (χ0v) is 11.6. The first-order valence-corrected chi connectivity index (χ1v) is 6.79. The Bertz CT molecular complexity index is 521. The number of fused-ring (bicyclic) bond motifs is 1. The van der Waals surface area contributed by atoms with Crippen LogP contribution in [-0.4, -0.2) is 29.0 Å². The first-order valence-electron chi connectivity index (χ1n) is 6.79. The highest BCUT2D eigenvalue weighted by atomic mass is 16.2. The predicted octanol–water partition coefficient (Wildman–Crippen LogP) is 2.77. The van der Waals surface area contributed by atoms with Gasteiger partial charge in [-0.25, -0.2) is 5.01 Å². The Kier molecular flexibility index (Phi) is 2.75. The predicted molar refractivity (Wildman–Crippen MR) is 75.1 cm³/mol. The van der Waals surface area contributed by atoms with Gasteiger partial charge in [-0.3, -0.25) is 9.80 Å². The van der Waals surface area contributed by atoms with E-state index in [1.807, 2.05) is 24.9 Å². The highest BCUT2D eigenvalue weighted by molar-refractivity contribution is 5.84. The molecule has 0 spiro atoms. The molecule has 3 rings (SSSR count). The molecule has 0 bridgehead atoms. The second kappa shape index (κ2) is 4.20. The average molecular weight is 256 g/mol. The van der Waals surface area contributed by atoms with Crippen LogP contribution in [0.5, 0.6) is 0 Å². The quantitative estimate of drug-likeness (QED) is 0.721. The van der Waals surface area contributed by atoms with Gasteiger partial charge in [0.2, 0.25) is 5.91 Å². The van der Waals surface area contributed by atoms with Crippen molar-refractivity contribution in [1.82, 2.24) is 10.0 Å². The van der Waals surface area contributed by atoms with E-state index in [0.29, 0.717) is 6.54 Å². The number of nitrogens with zero attached hydrogens (tertiary/aromatic N) is 2. The van der Waals surface area contributed by atoms with Crippen molar-refractivity contribution in [3.63, 3.8) is 0 Å². The largest absolute Gasteiger partial charge is 0.273 e. The molecule has 3 heteroatoms. The lowest BCUT2D eigenvalue weighted by Crippen LogP contribution is -2.46. The number of hydrazine groups is 1. The molecule has 19 heavy (non-hydrogen) atoms. The van der Waals surface area contributed by atoms with Gasteiger partial charge in [-0.15, -0.1) is 0 Å². The third-order valence-corrected chi connectivity index (χ3v) is 4.08. The molecule has 1 aromatic carbocycles. The molecule has 0 radical (unpaired) electrons. The van der Waals surface area contributed by atoms with Crippen LogP contribution in [0, 0.1) is 5.41 Å². The fourth-order valence-corrected chi connectivity index (χ4v) is 3.09. The Morgan fingerprint density at radius 2 is 1.95 bits per heavy atom. The van der Waals surface area contributed by atoms with Gasteiger partial charge in [0.15, 0.2) is 0 Å². The molecule has 2 heterocycles. The molecule has 1 unspecified atom stereocenters. The van der Waals surface area contributed by atoms with E-state index in [1.165, 1.54) is 5.56 Å². The number of rotatable bonds is 1. The molecule has 0 saturated carbocycles. The zero-order chi connectivity index (χ0) is 13.6. The fourth-order valence-electron chi connectivity index (χ4n) is 3.09. The van der Waals surface area contributed by atoms with Gasteiger partial charge >= 0.3 is 0 Å². The van der Waals surface area contributed by atoms with Gasteiger partial charge in [0.25, 0.3) is 0 Å². The molecular formula is C16H20N2O. The van der Waals surface area contributed by atoms with Crippen molar-refractivity contribution in [3.8, 4) is 0 Å². The molecule has 0 aromatic heterocycles. The lowest BCUT2D eigenvalue weighted by molar-refractivity contribution is -0.145. The van der Waals surface area contributed by atoms with Crippen LogP contribution in [0.3, 0.4) is 0 Å². The second-order valence-electron chi connectivity index (χ2n) is 6.22. The van der Waals surface area contributed by atoms with Crippen molar-refractivity contribution in [2.45, 2.75) is 26.3 Å². The van der Waals surface area contributed by atoms with E-state index in [0.717, 1.165) is 18.5 Å². The summed E-state index contributed by atoms with van der Waals surface area (Å²) in [6.07, 6.45) is 0.934. The van der Waals surface area contributed by atoms with Crippen molar-refractivity contribution >= 4 is 5.91 Å². The second-order valence-corrected chi connectivity index (χ2v) is 6.22. The highest BCUT2D eigenvalue weighted by Crippen LogP contribution is 2.41. The van der Waals surface area contributed by atoms with Gasteiger partial charge in [0.05, 0.1) is 18.0 Å². The van der Waals surface area contributed by atoms with Gasteiger partial charge in [-0.05, 0) is 25.8 Å². The van der Waals surface area contributed by atoms with Crippen molar-refractivity contribution < 1.29 is 4.79 Å². The Balaban J connectivity index is 1.97. The summed E-state index contributed by atoms with van der Waals surface area (Å²) in [6.45, 7) is 9.63. The minimum atomic E-state index is -0.294. The van der Waals surface area contributed by atoms with Crippen LogP contribution in [0.2, 0.25) is 0 Å². The SMILES string of the molecule is C=C1CC(c2ccccc2)N2CC(C)(C)C(=O)N2C1. The van der Waals surface area contributed by atoms with E-state index >= 15 is 0 Å². The molecule has 2 fully saturated rings.